The van der Waals surface area contributed by atoms with Crippen LogP contribution in [0.2, 0.25) is 0 Å². The van der Waals surface area contributed by atoms with Gasteiger partial charge in [-0.15, -0.1) is 24.0 Å². The number of benzene rings is 1. The van der Waals surface area contributed by atoms with E-state index in [1.807, 2.05) is 30.5 Å². The summed E-state index contributed by atoms with van der Waals surface area (Å²) in [7, 11) is 1.79. The van der Waals surface area contributed by atoms with Crippen LogP contribution in [0.1, 0.15) is 24.1 Å². The molecule has 0 aliphatic rings. The monoisotopic (exact) mass is 482 g/mol. The van der Waals surface area contributed by atoms with Crippen molar-refractivity contribution in [3.8, 4) is 0 Å². The highest BCUT2D eigenvalue weighted by Gasteiger charge is 1.98. The van der Waals surface area contributed by atoms with Crippen molar-refractivity contribution in [2.24, 2.45) is 4.99 Å². The second-order valence-corrected chi connectivity index (χ2v) is 6.05. The largest absolute Gasteiger partial charge is 0.381 e. The fraction of sp³-hybridized carbons (Fsp3) is 0.429. The van der Waals surface area contributed by atoms with E-state index in [0.717, 1.165) is 63.6 Å². The maximum Gasteiger partial charge on any atom is 0.190 e. The van der Waals surface area contributed by atoms with Crippen LogP contribution in [-0.2, 0) is 17.6 Å². The molecule has 2 rings (SSSR count). The predicted molar refractivity (Wildman–Crippen MR) is 123 cm³/mol. The molecule has 1 aromatic carbocycles. The molecule has 0 aliphatic carbocycles. The number of nitrogens with zero attached hydrogens (tertiary/aromatic N) is 2. The average Bonchev–Trinajstić information content (AvgIpc) is 2.70. The van der Waals surface area contributed by atoms with Crippen molar-refractivity contribution >= 4 is 29.9 Å². The highest BCUT2D eigenvalue weighted by atomic mass is 127. The Hall–Kier alpha value is -1.67. The molecule has 0 spiro atoms. The van der Waals surface area contributed by atoms with Crippen LogP contribution in [0.5, 0.6) is 0 Å². The Labute approximate surface area is 180 Å². The summed E-state index contributed by atoms with van der Waals surface area (Å²) in [6.07, 6.45) is 5.80. The highest BCUT2D eigenvalue weighted by Crippen LogP contribution is 2.00. The minimum atomic E-state index is 0. The zero-order valence-corrected chi connectivity index (χ0v) is 18.4. The molecule has 2 aromatic rings. The van der Waals surface area contributed by atoms with Gasteiger partial charge in [-0.2, -0.15) is 0 Å². The standard InChI is InChI=1S/C21H30N4O.HI/c1-22-21(25-16-12-20-11-5-6-14-23-20)24-15-7-8-17-26-18-13-19-9-3-2-4-10-19;/h2-6,9-11,14H,7-8,12-13,15-18H2,1H3,(H2,22,24,25);1H. The maximum absolute atomic E-state index is 5.70. The van der Waals surface area contributed by atoms with E-state index in [0.29, 0.717) is 0 Å². The topological polar surface area (TPSA) is 58.5 Å². The van der Waals surface area contributed by atoms with E-state index in [9.17, 15) is 0 Å². The summed E-state index contributed by atoms with van der Waals surface area (Å²) >= 11 is 0. The number of pyridine rings is 1. The summed E-state index contributed by atoms with van der Waals surface area (Å²) in [4.78, 5) is 8.56. The Morgan fingerprint density at radius 2 is 1.70 bits per heavy atom. The van der Waals surface area contributed by atoms with Crippen molar-refractivity contribution < 1.29 is 4.74 Å². The molecule has 0 bridgehead atoms. The molecule has 0 aliphatic heterocycles. The number of unbranched alkanes of at least 4 members (excludes halogenated alkanes) is 1. The lowest BCUT2D eigenvalue weighted by Gasteiger charge is -2.11. The average molecular weight is 482 g/mol. The summed E-state index contributed by atoms with van der Waals surface area (Å²) in [5, 5.41) is 6.65. The van der Waals surface area contributed by atoms with Gasteiger partial charge in [0.25, 0.3) is 0 Å². The first-order valence-electron chi connectivity index (χ1n) is 9.34. The smallest absolute Gasteiger partial charge is 0.190 e. The molecular weight excluding hydrogens is 451 g/mol. The van der Waals surface area contributed by atoms with Gasteiger partial charge in [-0.05, 0) is 37.0 Å². The highest BCUT2D eigenvalue weighted by molar-refractivity contribution is 14.0. The first-order valence-corrected chi connectivity index (χ1v) is 9.34. The van der Waals surface area contributed by atoms with E-state index in [1.54, 1.807) is 7.05 Å². The first kappa shape index (κ1) is 23.4. The quantitative estimate of drug-likeness (QED) is 0.223. The van der Waals surface area contributed by atoms with Crippen molar-refractivity contribution in [1.82, 2.24) is 15.6 Å². The van der Waals surface area contributed by atoms with Crippen LogP contribution >= 0.6 is 24.0 Å². The summed E-state index contributed by atoms with van der Waals surface area (Å²) in [5.41, 5.74) is 2.41. The minimum absolute atomic E-state index is 0. The summed E-state index contributed by atoms with van der Waals surface area (Å²) in [6, 6.07) is 16.4. The zero-order chi connectivity index (χ0) is 18.3. The summed E-state index contributed by atoms with van der Waals surface area (Å²) in [5.74, 6) is 0.839. The molecule has 5 nitrogen and oxygen atoms in total. The maximum atomic E-state index is 5.70. The second kappa shape index (κ2) is 15.4. The van der Waals surface area contributed by atoms with Gasteiger partial charge in [0.2, 0.25) is 0 Å². The Morgan fingerprint density at radius 3 is 2.44 bits per heavy atom. The van der Waals surface area contributed by atoms with Gasteiger partial charge >= 0.3 is 0 Å². The van der Waals surface area contributed by atoms with Gasteiger partial charge in [0, 0.05) is 45.1 Å². The minimum Gasteiger partial charge on any atom is -0.381 e. The van der Waals surface area contributed by atoms with Gasteiger partial charge in [-0.3, -0.25) is 9.98 Å². The number of aliphatic imine (C=N–C) groups is 1. The molecule has 0 saturated heterocycles. The number of hydrogen-bond donors (Lipinski definition) is 2. The third kappa shape index (κ3) is 10.9. The molecule has 1 aromatic heterocycles. The number of aromatic nitrogens is 1. The van der Waals surface area contributed by atoms with E-state index in [-0.39, 0.29) is 24.0 Å². The molecule has 0 amide bonds. The fourth-order valence-electron chi connectivity index (χ4n) is 2.55. The van der Waals surface area contributed by atoms with Gasteiger partial charge in [0.15, 0.2) is 5.96 Å². The lowest BCUT2D eigenvalue weighted by molar-refractivity contribution is 0.133. The lowest BCUT2D eigenvalue weighted by Crippen LogP contribution is -2.38. The van der Waals surface area contributed by atoms with Crippen LogP contribution < -0.4 is 10.6 Å². The second-order valence-electron chi connectivity index (χ2n) is 6.05. The number of halogens is 1. The Balaban J connectivity index is 0.00000364. The van der Waals surface area contributed by atoms with E-state index in [1.165, 1.54) is 5.56 Å². The normalized spacial score (nSPS) is 10.9. The summed E-state index contributed by atoms with van der Waals surface area (Å²) in [6.45, 7) is 3.30. The lowest BCUT2D eigenvalue weighted by atomic mass is 10.2. The van der Waals surface area contributed by atoms with Crippen LogP contribution in [-0.4, -0.2) is 44.3 Å². The van der Waals surface area contributed by atoms with Crippen LogP contribution in [0.3, 0.4) is 0 Å². The van der Waals surface area contributed by atoms with E-state index in [4.69, 9.17) is 4.74 Å². The van der Waals surface area contributed by atoms with Gasteiger partial charge in [0.1, 0.15) is 0 Å². The molecule has 0 fully saturated rings. The zero-order valence-electron chi connectivity index (χ0n) is 16.1. The number of rotatable bonds is 11. The van der Waals surface area contributed by atoms with Gasteiger partial charge in [-0.25, -0.2) is 0 Å². The van der Waals surface area contributed by atoms with Crippen LogP contribution in [0.15, 0.2) is 59.7 Å². The molecule has 0 saturated carbocycles. The van der Waals surface area contributed by atoms with Crippen molar-refractivity contribution in [2.45, 2.75) is 25.7 Å². The number of ether oxygens (including phenoxy) is 1. The molecule has 0 atom stereocenters. The molecule has 6 heteroatoms. The fourth-order valence-corrected chi connectivity index (χ4v) is 2.55. The first-order chi connectivity index (χ1) is 12.9. The van der Waals surface area contributed by atoms with Crippen molar-refractivity contribution in [2.75, 3.05) is 33.4 Å². The van der Waals surface area contributed by atoms with E-state index < -0.39 is 0 Å². The predicted octanol–water partition coefficient (Wildman–Crippen LogP) is 3.45. The van der Waals surface area contributed by atoms with E-state index >= 15 is 0 Å². The molecule has 148 valence electrons. The molecule has 0 unspecified atom stereocenters. The molecular formula is C21H31IN4O. The molecule has 2 N–H and O–H groups in total. The van der Waals surface area contributed by atoms with Crippen LogP contribution in [0, 0.1) is 0 Å². The molecule has 1 heterocycles. The van der Waals surface area contributed by atoms with Gasteiger partial charge < -0.3 is 15.4 Å². The molecule has 0 radical (unpaired) electrons. The Morgan fingerprint density at radius 1 is 0.926 bits per heavy atom. The molecule has 27 heavy (non-hydrogen) atoms. The Kier molecular flexibility index (Phi) is 13.3. The number of hydrogen-bond acceptors (Lipinski definition) is 3. The SMILES string of the molecule is CN=C(NCCCCOCCc1ccccc1)NCCc1ccccn1.I. The number of guanidine groups is 1. The van der Waals surface area contributed by atoms with Gasteiger partial charge in [-0.1, -0.05) is 36.4 Å². The van der Waals surface area contributed by atoms with Crippen LogP contribution in [0.25, 0.3) is 0 Å². The van der Waals surface area contributed by atoms with Crippen LogP contribution in [0.4, 0.5) is 0 Å². The van der Waals surface area contributed by atoms with E-state index in [2.05, 4.69) is 44.9 Å². The summed E-state index contributed by atoms with van der Waals surface area (Å²) < 4.78 is 5.70. The third-order valence-electron chi connectivity index (χ3n) is 4.01. The van der Waals surface area contributed by atoms with Crippen molar-refractivity contribution in [3.05, 3.63) is 66.0 Å². The van der Waals surface area contributed by atoms with Crippen molar-refractivity contribution in [3.63, 3.8) is 0 Å². The van der Waals surface area contributed by atoms with Crippen molar-refractivity contribution in [1.29, 1.82) is 0 Å². The number of nitrogens with one attached hydrogen (secondary N) is 2. The Bertz CT molecular complexity index is 623. The third-order valence-corrected chi connectivity index (χ3v) is 4.01. The van der Waals surface area contributed by atoms with Gasteiger partial charge in [0.05, 0.1) is 6.61 Å².